The molecule has 3 aromatic carbocycles. The Kier molecular flexibility index (Phi) is 7.08. The highest BCUT2D eigenvalue weighted by atomic mass is 31.1. The van der Waals surface area contributed by atoms with Crippen molar-refractivity contribution >= 4 is 13.9 Å². The molecule has 0 radical (unpaired) electrons. The zero-order valence-corrected chi connectivity index (χ0v) is 18.3. The Morgan fingerprint density at radius 3 is 1.71 bits per heavy atom. The molecule has 0 N–H and O–H groups in total. The van der Waals surface area contributed by atoms with Crippen molar-refractivity contribution in [3.05, 3.63) is 101 Å². The molecule has 0 heterocycles. The van der Waals surface area contributed by atoms with Gasteiger partial charge in [0.1, 0.15) is 0 Å². The minimum atomic E-state index is 0.495. The van der Waals surface area contributed by atoms with E-state index in [-0.39, 0.29) is 0 Å². The van der Waals surface area contributed by atoms with Gasteiger partial charge >= 0.3 is 0 Å². The SMILES string of the molecule is CC(C)c1cc(C#Cc2ccccc2)cc(C(C)C)c1PCc1ccccc1. The quantitative estimate of drug-likeness (QED) is 0.334. The highest BCUT2D eigenvalue weighted by Crippen LogP contribution is 2.30. The Morgan fingerprint density at radius 1 is 0.679 bits per heavy atom. The van der Waals surface area contributed by atoms with Gasteiger partial charge in [-0.2, -0.15) is 0 Å². The van der Waals surface area contributed by atoms with Crippen LogP contribution in [0, 0.1) is 11.8 Å². The van der Waals surface area contributed by atoms with E-state index in [1.54, 1.807) is 5.30 Å². The van der Waals surface area contributed by atoms with Gasteiger partial charge in [0.25, 0.3) is 0 Å². The van der Waals surface area contributed by atoms with Crippen molar-refractivity contribution < 1.29 is 0 Å². The van der Waals surface area contributed by atoms with Crippen molar-refractivity contribution in [1.29, 1.82) is 0 Å². The van der Waals surface area contributed by atoms with Crippen molar-refractivity contribution in [3.8, 4) is 11.8 Å². The van der Waals surface area contributed by atoms with E-state index >= 15 is 0 Å². The molecule has 0 bridgehead atoms. The zero-order chi connectivity index (χ0) is 19.9. The lowest BCUT2D eigenvalue weighted by atomic mass is 9.93. The molecule has 3 rings (SSSR count). The first-order valence-corrected chi connectivity index (χ1v) is 11.3. The molecule has 0 aliphatic rings. The maximum Gasteiger partial charge on any atom is 0.0255 e. The van der Waals surface area contributed by atoms with Gasteiger partial charge in [0, 0.05) is 11.1 Å². The van der Waals surface area contributed by atoms with E-state index in [4.69, 9.17) is 0 Å². The summed E-state index contributed by atoms with van der Waals surface area (Å²) in [6.07, 6.45) is 1.11. The molecule has 0 saturated carbocycles. The molecule has 1 atom stereocenters. The lowest BCUT2D eigenvalue weighted by molar-refractivity contribution is 0.845. The van der Waals surface area contributed by atoms with Gasteiger partial charge in [-0.1, -0.05) is 96.6 Å². The van der Waals surface area contributed by atoms with Crippen LogP contribution in [0.1, 0.15) is 67.3 Å². The predicted molar refractivity (Wildman–Crippen MR) is 125 cm³/mol. The number of rotatable bonds is 5. The summed E-state index contributed by atoms with van der Waals surface area (Å²) in [6, 6.07) is 25.7. The molecule has 1 unspecified atom stereocenters. The molecule has 0 aromatic heterocycles. The van der Waals surface area contributed by atoms with Crippen molar-refractivity contribution in [3.63, 3.8) is 0 Å². The lowest BCUT2D eigenvalue weighted by Crippen LogP contribution is -2.15. The van der Waals surface area contributed by atoms with E-state index in [2.05, 4.69) is 94.1 Å². The van der Waals surface area contributed by atoms with E-state index < -0.39 is 0 Å². The topological polar surface area (TPSA) is 0 Å². The minimum Gasteiger partial charge on any atom is -0.0853 e. The second kappa shape index (κ2) is 9.73. The van der Waals surface area contributed by atoms with Gasteiger partial charge in [0.15, 0.2) is 0 Å². The van der Waals surface area contributed by atoms with Gasteiger partial charge in [-0.3, -0.25) is 0 Å². The summed E-state index contributed by atoms with van der Waals surface area (Å²) in [5, 5.41) is 1.54. The summed E-state index contributed by atoms with van der Waals surface area (Å²) in [5.74, 6) is 7.72. The number of benzene rings is 3. The molecule has 142 valence electrons. The van der Waals surface area contributed by atoms with Crippen LogP contribution in [0.15, 0.2) is 72.8 Å². The molecule has 0 spiro atoms. The predicted octanol–water partition coefficient (Wildman–Crippen LogP) is 6.84. The molecule has 0 fully saturated rings. The smallest absolute Gasteiger partial charge is 0.0255 e. The van der Waals surface area contributed by atoms with Crippen molar-refractivity contribution in [1.82, 2.24) is 0 Å². The fourth-order valence-corrected chi connectivity index (χ4v) is 5.07. The zero-order valence-electron chi connectivity index (χ0n) is 17.3. The Hall–Kier alpha value is -2.35. The van der Waals surface area contributed by atoms with Gasteiger partial charge in [-0.15, -0.1) is 0 Å². The molecule has 28 heavy (non-hydrogen) atoms. The monoisotopic (exact) mass is 384 g/mol. The Morgan fingerprint density at radius 2 is 1.18 bits per heavy atom. The summed E-state index contributed by atoms with van der Waals surface area (Å²) in [7, 11) is 0.788. The van der Waals surface area contributed by atoms with Gasteiger partial charge < -0.3 is 0 Å². The normalized spacial score (nSPS) is 11.2. The van der Waals surface area contributed by atoms with Crippen molar-refractivity contribution in [2.24, 2.45) is 0 Å². The van der Waals surface area contributed by atoms with Crippen LogP contribution < -0.4 is 5.30 Å². The van der Waals surface area contributed by atoms with Crippen LogP contribution >= 0.6 is 8.58 Å². The third-order valence-electron chi connectivity index (χ3n) is 4.88. The molecule has 0 amide bonds. The summed E-state index contributed by atoms with van der Waals surface area (Å²) < 4.78 is 0. The molecule has 3 aromatic rings. The summed E-state index contributed by atoms with van der Waals surface area (Å²) in [6.45, 7) is 9.18. The van der Waals surface area contributed by atoms with Crippen LogP contribution in [0.3, 0.4) is 0 Å². The minimum absolute atomic E-state index is 0.495. The average Bonchev–Trinajstić information content (AvgIpc) is 2.71. The molecule has 0 nitrogen and oxygen atoms in total. The molecule has 0 saturated heterocycles. The van der Waals surface area contributed by atoms with Crippen LogP contribution in [-0.2, 0) is 6.16 Å². The lowest BCUT2D eigenvalue weighted by Gasteiger charge is -2.21. The molecule has 1 heteroatoms. The Bertz CT molecular complexity index is 928. The number of hydrogen-bond donors (Lipinski definition) is 0. The van der Waals surface area contributed by atoms with Gasteiger partial charge in [-0.25, -0.2) is 0 Å². The third-order valence-corrected chi connectivity index (χ3v) is 6.40. The fourth-order valence-electron chi connectivity index (χ4n) is 3.33. The second-order valence-electron chi connectivity index (χ2n) is 7.79. The largest absolute Gasteiger partial charge is 0.0853 e. The van der Waals surface area contributed by atoms with Crippen molar-refractivity contribution in [2.75, 3.05) is 0 Å². The maximum atomic E-state index is 3.41. The van der Waals surface area contributed by atoms with Crippen LogP contribution in [0.4, 0.5) is 0 Å². The molecular formula is C27H29P. The van der Waals surface area contributed by atoms with E-state index in [1.807, 2.05) is 18.2 Å². The van der Waals surface area contributed by atoms with Crippen LogP contribution in [0.25, 0.3) is 0 Å². The van der Waals surface area contributed by atoms with Gasteiger partial charge in [0.2, 0.25) is 0 Å². The maximum absolute atomic E-state index is 3.41. The first kappa shape index (κ1) is 20.4. The van der Waals surface area contributed by atoms with Gasteiger partial charge in [-0.05, 0) is 64.3 Å². The van der Waals surface area contributed by atoms with E-state index in [1.165, 1.54) is 16.7 Å². The Labute approximate surface area is 172 Å². The van der Waals surface area contributed by atoms with E-state index in [9.17, 15) is 0 Å². The summed E-state index contributed by atoms with van der Waals surface area (Å²) in [5.41, 5.74) is 6.52. The highest BCUT2D eigenvalue weighted by molar-refractivity contribution is 7.46. The van der Waals surface area contributed by atoms with E-state index in [0.717, 1.165) is 25.9 Å². The summed E-state index contributed by atoms with van der Waals surface area (Å²) >= 11 is 0. The molecule has 0 aliphatic heterocycles. The third kappa shape index (κ3) is 5.34. The Balaban J connectivity index is 1.98. The molecule has 0 aliphatic carbocycles. The first-order chi connectivity index (χ1) is 13.5. The van der Waals surface area contributed by atoms with Crippen molar-refractivity contribution in [2.45, 2.75) is 45.7 Å². The van der Waals surface area contributed by atoms with E-state index in [0.29, 0.717) is 11.8 Å². The average molecular weight is 385 g/mol. The standard InChI is InChI=1S/C27H29P/c1-20(2)25-17-24(16-15-22-11-7-5-8-12-22)18-26(21(3)4)27(25)28-19-23-13-9-6-10-14-23/h5-14,17-18,20-21,28H,19H2,1-4H3. The highest BCUT2D eigenvalue weighted by Gasteiger charge is 2.15. The van der Waals surface area contributed by atoms with Gasteiger partial charge in [0.05, 0.1) is 0 Å². The number of hydrogen-bond acceptors (Lipinski definition) is 0. The second-order valence-corrected chi connectivity index (χ2v) is 9.00. The van der Waals surface area contributed by atoms with Crippen LogP contribution in [0.5, 0.6) is 0 Å². The first-order valence-electron chi connectivity index (χ1n) is 10.1. The summed E-state index contributed by atoms with van der Waals surface area (Å²) in [4.78, 5) is 0. The van der Waals surface area contributed by atoms with Crippen LogP contribution in [0.2, 0.25) is 0 Å². The van der Waals surface area contributed by atoms with Crippen LogP contribution in [-0.4, -0.2) is 0 Å². The fraction of sp³-hybridized carbons (Fsp3) is 0.259. The molecular weight excluding hydrogens is 355 g/mol.